The molecule has 0 bridgehead atoms. The minimum Gasteiger partial charge on any atom is -0.496 e. The average Bonchev–Trinajstić information content (AvgIpc) is 2.67. The molecule has 8 nitrogen and oxygen atoms in total. The highest BCUT2D eigenvalue weighted by molar-refractivity contribution is 7.89. The number of methoxy groups -OCH3 is 1. The second-order valence-corrected chi connectivity index (χ2v) is 8.74. The van der Waals surface area contributed by atoms with Gasteiger partial charge in [-0.3, -0.25) is 9.59 Å². The average molecular weight is 434 g/mol. The molecule has 0 aliphatic rings. The smallest absolute Gasteiger partial charge is 0.241 e. The standard InChI is InChI=1S/C21H27N3O5S/c1-13-6-11-20(29-5)19(12-13)14(2)22-21(26)15(3)24-30(27,28)18-9-7-17(8-10-18)23-16(4)25/h6-12,14-15,24H,1-5H3,(H,22,26)(H,23,25)/t14?,15-/m0/s1. The summed E-state index contributed by atoms with van der Waals surface area (Å²) in [5.41, 5.74) is 2.30. The Labute approximate surface area is 177 Å². The van der Waals surface area contributed by atoms with E-state index < -0.39 is 22.0 Å². The van der Waals surface area contributed by atoms with Crippen LogP contribution in [0.5, 0.6) is 5.75 Å². The van der Waals surface area contributed by atoms with Crippen molar-refractivity contribution in [2.24, 2.45) is 0 Å². The first-order chi connectivity index (χ1) is 14.0. The summed E-state index contributed by atoms with van der Waals surface area (Å²) in [4.78, 5) is 23.6. The van der Waals surface area contributed by atoms with Gasteiger partial charge in [0.2, 0.25) is 21.8 Å². The summed E-state index contributed by atoms with van der Waals surface area (Å²) < 4.78 is 32.9. The SMILES string of the molecule is COc1ccc(C)cc1C(C)NC(=O)[C@H](C)NS(=O)(=O)c1ccc(NC(C)=O)cc1. The lowest BCUT2D eigenvalue weighted by Gasteiger charge is -2.21. The normalized spacial score (nSPS) is 13.2. The van der Waals surface area contributed by atoms with Crippen molar-refractivity contribution in [2.75, 3.05) is 12.4 Å². The van der Waals surface area contributed by atoms with E-state index in [-0.39, 0.29) is 16.8 Å². The van der Waals surface area contributed by atoms with Crippen LogP contribution in [0.3, 0.4) is 0 Å². The lowest BCUT2D eigenvalue weighted by atomic mass is 10.0. The fraction of sp³-hybridized carbons (Fsp3) is 0.333. The molecule has 0 heterocycles. The summed E-state index contributed by atoms with van der Waals surface area (Å²) in [6.45, 7) is 6.57. The maximum Gasteiger partial charge on any atom is 0.241 e. The molecule has 2 aromatic carbocycles. The summed E-state index contributed by atoms with van der Waals surface area (Å²) in [5.74, 6) is -0.0845. The van der Waals surface area contributed by atoms with Gasteiger partial charge < -0.3 is 15.4 Å². The third-order valence-electron chi connectivity index (χ3n) is 4.42. The molecule has 0 aliphatic carbocycles. The van der Waals surface area contributed by atoms with Crippen LogP contribution in [0.15, 0.2) is 47.4 Å². The number of aryl methyl sites for hydroxylation is 1. The first-order valence-electron chi connectivity index (χ1n) is 9.38. The largest absolute Gasteiger partial charge is 0.496 e. The summed E-state index contributed by atoms with van der Waals surface area (Å²) >= 11 is 0. The van der Waals surface area contributed by atoms with Gasteiger partial charge in [0.25, 0.3) is 0 Å². The molecule has 0 saturated carbocycles. The summed E-state index contributed by atoms with van der Waals surface area (Å²) in [7, 11) is -2.37. The van der Waals surface area contributed by atoms with Gasteiger partial charge in [0.05, 0.1) is 24.1 Å². The van der Waals surface area contributed by atoms with Crippen molar-refractivity contribution in [3.63, 3.8) is 0 Å². The van der Waals surface area contributed by atoms with E-state index in [9.17, 15) is 18.0 Å². The molecule has 0 radical (unpaired) electrons. The number of carbonyl (C=O) groups is 2. The van der Waals surface area contributed by atoms with E-state index in [1.165, 1.54) is 38.1 Å². The maximum absolute atomic E-state index is 12.6. The lowest BCUT2D eigenvalue weighted by Crippen LogP contribution is -2.45. The van der Waals surface area contributed by atoms with Gasteiger partial charge in [-0.1, -0.05) is 17.7 Å². The van der Waals surface area contributed by atoms with Crippen LogP contribution in [-0.4, -0.2) is 33.4 Å². The van der Waals surface area contributed by atoms with Gasteiger partial charge in [-0.2, -0.15) is 4.72 Å². The zero-order chi connectivity index (χ0) is 22.5. The van der Waals surface area contributed by atoms with E-state index in [1.807, 2.05) is 25.1 Å². The number of sulfonamides is 1. The van der Waals surface area contributed by atoms with E-state index in [4.69, 9.17) is 4.74 Å². The van der Waals surface area contributed by atoms with Crippen molar-refractivity contribution in [1.29, 1.82) is 0 Å². The Morgan fingerprint density at radius 2 is 1.67 bits per heavy atom. The number of rotatable bonds is 8. The number of hydrogen-bond acceptors (Lipinski definition) is 5. The van der Waals surface area contributed by atoms with Gasteiger partial charge in [0, 0.05) is 18.2 Å². The number of carbonyl (C=O) groups excluding carboxylic acids is 2. The van der Waals surface area contributed by atoms with Crippen molar-refractivity contribution < 1.29 is 22.7 Å². The summed E-state index contributed by atoms with van der Waals surface area (Å²) in [5, 5.41) is 5.37. The molecule has 2 amide bonds. The van der Waals surface area contributed by atoms with Crippen LogP contribution >= 0.6 is 0 Å². The van der Waals surface area contributed by atoms with E-state index in [0.29, 0.717) is 11.4 Å². The second kappa shape index (κ2) is 9.73. The highest BCUT2D eigenvalue weighted by atomic mass is 32.2. The highest BCUT2D eigenvalue weighted by Gasteiger charge is 2.24. The molecule has 3 N–H and O–H groups in total. The number of amides is 2. The Balaban J connectivity index is 2.07. The first kappa shape index (κ1) is 23.4. The Morgan fingerprint density at radius 1 is 1.03 bits per heavy atom. The van der Waals surface area contributed by atoms with Gasteiger partial charge in [0.1, 0.15) is 5.75 Å². The number of nitrogens with one attached hydrogen (secondary N) is 3. The van der Waals surface area contributed by atoms with Crippen molar-refractivity contribution in [3.05, 3.63) is 53.6 Å². The van der Waals surface area contributed by atoms with Gasteiger partial charge in [-0.05, 0) is 51.1 Å². The fourth-order valence-corrected chi connectivity index (χ4v) is 4.09. The van der Waals surface area contributed by atoms with E-state index in [0.717, 1.165) is 11.1 Å². The van der Waals surface area contributed by atoms with Crippen LogP contribution in [0.2, 0.25) is 0 Å². The highest BCUT2D eigenvalue weighted by Crippen LogP contribution is 2.26. The molecule has 30 heavy (non-hydrogen) atoms. The monoisotopic (exact) mass is 433 g/mol. The number of anilines is 1. The van der Waals surface area contributed by atoms with Crippen LogP contribution in [-0.2, 0) is 19.6 Å². The first-order valence-corrected chi connectivity index (χ1v) is 10.9. The van der Waals surface area contributed by atoms with Gasteiger partial charge in [-0.25, -0.2) is 8.42 Å². The minimum absolute atomic E-state index is 0.00958. The van der Waals surface area contributed by atoms with Crippen LogP contribution < -0.4 is 20.1 Å². The Hall–Kier alpha value is -2.91. The third kappa shape index (κ3) is 6.04. The molecule has 9 heteroatoms. The van der Waals surface area contributed by atoms with Crippen molar-refractivity contribution in [2.45, 2.75) is 44.7 Å². The molecule has 2 rings (SSSR count). The molecule has 2 aromatic rings. The van der Waals surface area contributed by atoms with Crippen LogP contribution in [0.4, 0.5) is 5.69 Å². The molecular weight excluding hydrogens is 406 g/mol. The molecule has 2 atom stereocenters. The molecule has 0 fully saturated rings. The zero-order valence-corrected chi connectivity index (χ0v) is 18.5. The Kier molecular flexibility index (Phi) is 7.58. The summed E-state index contributed by atoms with van der Waals surface area (Å²) in [6, 6.07) is 9.94. The second-order valence-electron chi connectivity index (χ2n) is 7.02. The van der Waals surface area contributed by atoms with Crippen molar-refractivity contribution >= 4 is 27.5 Å². The molecule has 0 aromatic heterocycles. The Morgan fingerprint density at radius 3 is 2.23 bits per heavy atom. The van der Waals surface area contributed by atoms with E-state index >= 15 is 0 Å². The molecule has 162 valence electrons. The van der Waals surface area contributed by atoms with Crippen LogP contribution in [0.25, 0.3) is 0 Å². The zero-order valence-electron chi connectivity index (χ0n) is 17.6. The van der Waals surface area contributed by atoms with Crippen molar-refractivity contribution in [3.8, 4) is 5.75 Å². The topological polar surface area (TPSA) is 114 Å². The fourth-order valence-electron chi connectivity index (χ4n) is 2.88. The molecular formula is C21H27N3O5S. The maximum atomic E-state index is 12.6. The molecule has 1 unspecified atom stereocenters. The number of benzene rings is 2. The lowest BCUT2D eigenvalue weighted by molar-refractivity contribution is -0.123. The van der Waals surface area contributed by atoms with Crippen LogP contribution in [0, 0.1) is 6.92 Å². The number of hydrogen-bond donors (Lipinski definition) is 3. The minimum atomic E-state index is -3.92. The molecule has 0 saturated heterocycles. The van der Waals surface area contributed by atoms with Gasteiger partial charge >= 0.3 is 0 Å². The van der Waals surface area contributed by atoms with Gasteiger partial charge in [-0.15, -0.1) is 0 Å². The van der Waals surface area contributed by atoms with Crippen molar-refractivity contribution in [1.82, 2.24) is 10.0 Å². The summed E-state index contributed by atoms with van der Waals surface area (Å²) in [6.07, 6.45) is 0. The predicted molar refractivity (Wildman–Crippen MR) is 115 cm³/mol. The Bertz CT molecular complexity index is 1020. The molecule has 0 aliphatic heterocycles. The molecule has 0 spiro atoms. The van der Waals surface area contributed by atoms with E-state index in [1.54, 1.807) is 14.0 Å². The number of ether oxygens (including phenoxy) is 1. The predicted octanol–water partition coefficient (Wildman–Crippen LogP) is 2.51. The van der Waals surface area contributed by atoms with E-state index in [2.05, 4.69) is 15.4 Å². The quantitative estimate of drug-likeness (QED) is 0.592. The third-order valence-corrected chi connectivity index (χ3v) is 5.98. The van der Waals surface area contributed by atoms with Gasteiger partial charge in [0.15, 0.2) is 0 Å². The van der Waals surface area contributed by atoms with Crippen LogP contribution in [0.1, 0.15) is 37.9 Å².